The Morgan fingerprint density at radius 2 is 1.88 bits per heavy atom. The molecule has 32 heavy (non-hydrogen) atoms. The minimum atomic E-state index is -4.58. The van der Waals surface area contributed by atoms with Gasteiger partial charge in [-0.2, -0.15) is 13.2 Å². The van der Waals surface area contributed by atoms with E-state index in [0.717, 1.165) is 34.9 Å². The van der Waals surface area contributed by atoms with Crippen molar-refractivity contribution in [1.82, 2.24) is 0 Å². The van der Waals surface area contributed by atoms with Crippen LogP contribution in [0, 0.1) is 19.8 Å². The molecule has 172 valence electrons. The van der Waals surface area contributed by atoms with Crippen molar-refractivity contribution >= 4 is 12.0 Å². The highest BCUT2D eigenvalue weighted by Gasteiger charge is 2.34. The molecular weight excluding hydrogens is 411 g/mol. The van der Waals surface area contributed by atoms with Crippen molar-refractivity contribution in [2.45, 2.75) is 59.6 Å². The molecule has 0 saturated carbocycles. The smallest absolute Gasteiger partial charge is 0.417 e. The van der Waals surface area contributed by atoms with Crippen molar-refractivity contribution in [2.75, 3.05) is 0 Å². The molecule has 0 amide bonds. The largest absolute Gasteiger partial charge is 0.508 e. The second-order valence-electron chi connectivity index (χ2n) is 7.99. The number of alkyl halides is 3. The molecule has 2 nitrogen and oxygen atoms in total. The van der Waals surface area contributed by atoms with Crippen LogP contribution in [0.4, 0.5) is 13.2 Å². The Morgan fingerprint density at radius 3 is 2.44 bits per heavy atom. The number of hydrogen-bond donors (Lipinski definition) is 1. The Kier molecular flexibility index (Phi) is 8.48. The van der Waals surface area contributed by atoms with Crippen LogP contribution in [0.15, 0.2) is 59.7 Å². The maximum Gasteiger partial charge on any atom is 0.417 e. The first-order chi connectivity index (χ1) is 15.1. The van der Waals surface area contributed by atoms with Crippen molar-refractivity contribution in [3.05, 3.63) is 88.1 Å². The van der Waals surface area contributed by atoms with E-state index in [2.05, 4.69) is 24.6 Å². The highest BCUT2D eigenvalue weighted by molar-refractivity contribution is 5.64. The summed E-state index contributed by atoms with van der Waals surface area (Å²) >= 11 is 0. The maximum absolute atomic E-state index is 13.6. The summed E-state index contributed by atoms with van der Waals surface area (Å²) < 4.78 is 40.7. The van der Waals surface area contributed by atoms with Gasteiger partial charge < -0.3 is 5.11 Å². The van der Waals surface area contributed by atoms with Gasteiger partial charge in [0, 0.05) is 23.4 Å². The molecule has 2 atom stereocenters. The van der Waals surface area contributed by atoms with Gasteiger partial charge in [0.05, 0.1) is 5.56 Å². The van der Waals surface area contributed by atoms with Crippen LogP contribution >= 0.6 is 0 Å². The number of rotatable bonds is 5. The molecule has 0 aliphatic carbocycles. The summed E-state index contributed by atoms with van der Waals surface area (Å²) in [5.41, 5.74) is 3.57. The van der Waals surface area contributed by atoms with Gasteiger partial charge in [0.1, 0.15) is 5.76 Å². The zero-order valence-electron chi connectivity index (χ0n) is 19.4. The highest BCUT2D eigenvalue weighted by atomic mass is 19.4. The minimum absolute atomic E-state index is 0.155. The summed E-state index contributed by atoms with van der Waals surface area (Å²) in [6.07, 6.45) is 0.656. The van der Waals surface area contributed by atoms with Gasteiger partial charge in [-0.05, 0) is 60.9 Å². The summed E-state index contributed by atoms with van der Waals surface area (Å²) in [4.78, 5) is 4.63. The fourth-order valence-electron chi connectivity index (χ4n) is 3.83. The average Bonchev–Trinajstić information content (AvgIpc) is 2.75. The lowest BCUT2D eigenvalue weighted by molar-refractivity contribution is -0.137. The normalized spacial score (nSPS) is 16.6. The third-order valence-electron chi connectivity index (χ3n) is 5.70. The van der Waals surface area contributed by atoms with E-state index in [1.54, 1.807) is 6.07 Å². The molecule has 0 aromatic heterocycles. The van der Waals surface area contributed by atoms with Crippen molar-refractivity contribution in [3.63, 3.8) is 0 Å². The van der Waals surface area contributed by atoms with E-state index < -0.39 is 17.5 Å². The first-order valence-corrected chi connectivity index (χ1v) is 11.0. The van der Waals surface area contributed by atoms with E-state index in [-0.39, 0.29) is 11.5 Å². The van der Waals surface area contributed by atoms with Gasteiger partial charge in [-0.1, -0.05) is 63.8 Å². The minimum Gasteiger partial charge on any atom is -0.508 e. The van der Waals surface area contributed by atoms with Crippen molar-refractivity contribution < 1.29 is 18.3 Å². The van der Waals surface area contributed by atoms with E-state index in [1.807, 2.05) is 52.1 Å². The summed E-state index contributed by atoms with van der Waals surface area (Å²) in [7, 11) is 0. The van der Waals surface area contributed by atoms with Crippen molar-refractivity contribution in [3.8, 4) is 0 Å². The van der Waals surface area contributed by atoms with Gasteiger partial charge in [-0.25, -0.2) is 0 Å². The SMILES string of the molecule is C=C(O)c1ccc(CC(C2=CCC(C)C=N2)c2cccc(C)c2C)cc1C(F)(F)F.CC. The van der Waals surface area contributed by atoms with Gasteiger partial charge in [0.15, 0.2) is 0 Å². The molecule has 5 heteroatoms. The number of aliphatic hydroxyl groups is 1. The number of benzene rings is 2. The van der Waals surface area contributed by atoms with Gasteiger partial charge in [-0.15, -0.1) is 0 Å². The predicted octanol–water partition coefficient (Wildman–Crippen LogP) is 8.20. The third kappa shape index (κ3) is 5.90. The van der Waals surface area contributed by atoms with Gasteiger partial charge in [0.25, 0.3) is 0 Å². The van der Waals surface area contributed by atoms with E-state index in [0.29, 0.717) is 17.9 Å². The first kappa shape index (κ1) is 25.4. The topological polar surface area (TPSA) is 32.6 Å². The van der Waals surface area contributed by atoms with Gasteiger partial charge in [-0.3, -0.25) is 4.99 Å². The molecule has 0 fully saturated rings. The molecule has 2 aromatic carbocycles. The van der Waals surface area contributed by atoms with Crippen LogP contribution in [-0.2, 0) is 12.6 Å². The van der Waals surface area contributed by atoms with Crippen LogP contribution in [0.25, 0.3) is 5.76 Å². The number of allylic oxidation sites excluding steroid dienone is 2. The van der Waals surface area contributed by atoms with E-state index in [4.69, 9.17) is 0 Å². The molecular formula is C27H32F3NO. The molecule has 1 heterocycles. The summed E-state index contributed by atoms with van der Waals surface area (Å²) in [6, 6.07) is 10.1. The number of aliphatic hydroxyl groups excluding tert-OH is 1. The number of aryl methyl sites for hydroxylation is 1. The Morgan fingerprint density at radius 1 is 1.19 bits per heavy atom. The Hall–Kier alpha value is -2.82. The van der Waals surface area contributed by atoms with Crippen molar-refractivity contribution in [2.24, 2.45) is 10.9 Å². The number of halogens is 3. The quantitative estimate of drug-likeness (QED) is 0.464. The molecule has 3 rings (SSSR count). The molecule has 2 unspecified atom stereocenters. The lowest BCUT2D eigenvalue weighted by Crippen LogP contribution is -2.14. The molecule has 1 N–H and O–H groups in total. The second-order valence-corrected chi connectivity index (χ2v) is 7.99. The lowest BCUT2D eigenvalue weighted by Gasteiger charge is -2.24. The third-order valence-corrected chi connectivity index (χ3v) is 5.70. The zero-order valence-corrected chi connectivity index (χ0v) is 19.4. The molecule has 0 radical (unpaired) electrons. The van der Waals surface area contributed by atoms with E-state index >= 15 is 0 Å². The fraction of sp³-hybridized carbons (Fsp3) is 0.370. The first-order valence-electron chi connectivity index (χ1n) is 11.0. The van der Waals surface area contributed by atoms with Crippen LogP contribution in [-0.4, -0.2) is 11.3 Å². The van der Waals surface area contributed by atoms with Crippen LogP contribution in [0.3, 0.4) is 0 Å². The summed E-state index contributed by atoms with van der Waals surface area (Å²) in [5.74, 6) is -0.397. The van der Waals surface area contributed by atoms with Crippen LogP contribution in [0.1, 0.15) is 66.5 Å². The fourth-order valence-corrected chi connectivity index (χ4v) is 3.83. The Labute approximate surface area is 189 Å². The van der Waals surface area contributed by atoms with Gasteiger partial charge >= 0.3 is 6.18 Å². The predicted molar refractivity (Wildman–Crippen MR) is 127 cm³/mol. The summed E-state index contributed by atoms with van der Waals surface area (Å²) in [5, 5.41) is 9.59. The summed E-state index contributed by atoms with van der Waals surface area (Å²) in [6.45, 7) is 13.4. The van der Waals surface area contributed by atoms with E-state index in [9.17, 15) is 18.3 Å². The maximum atomic E-state index is 13.6. The van der Waals surface area contributed by atoms with Crippen LogP contribution in [0.5, 0.6) is 0 Å². The molecule has 0 saturated heterocycles. The molecule has 2 aromatic rings. The Balaban J connectivity index is 0.00000176. The monoisotopic (exact) mass is 443 g/mol. The van der Waals surface area contributed by atoms with E-state index in [1.165, 1.54) is 6.07 Å². The zero-order chi connectivity index (χ0) is 24.1. The van der Waals surface area contributed by atoms with Crippen LogP contribution in [0.2, 0.25) is 0 Å². The van der Waals surface area contributed by atoms with Crippen LogP contribution < -0.4 is 0 Å². The molecule has 0 bridgehead atoms. The highest BCUT2D eigenvalue weighted by Crippen LogP contribution is 2.38. The number of aliphatic imine (C=N–C) groups is 1. The Bertz CT molecular complexity index is 1020. The molecule has 0 spiro atoms. The van der Waals surface area contributed by atoms with Crippen molar-refractivity contribution in [1.29, 1.82) is 0 Å². The number of hydrogen-bond acceptors (Lipinski definition) is 2. The standard InChI is InChI=1S/C25H26F3NO.C2H6/c1-15-8-11-24(29-14-15)22(20-7-5-6-16(2)17(20)3)12-19-9-10-21(18(4)30)23(13-19)25(26,27)28;1-2/h5-7,9-11,13-15,22,30H,4,8,12H2,1-3H3;1-2H3. The molecule has 1 aliphatic heterocycles. The van der Waals surface area contributed by atoms with Gasteiger partial charge in [0.2, 0.25) is 0 Å². The average molecular weight is 444 g/mol. The second kappa shape index (κ2) is 10.7. The number of nitrogens with zero attached hydrogens (tertiary/aromatic N) is 1. The lowest BCUT2D eigenvalue weighted by atomic mass is 9.83. The molecule has 1 aliphatic rings.